The monoisotopic (exact) mass is 301 g/mol. The molecule has 0 spiro atoms. The van der Waals surface area contributed by atoms with Gasteiger partial charge in [0.1, 0.15) is 5.82 Å². The second-order valence-electron chi connectivity index (χ2n) is 5.47. The Balaban J connectivity index is 1.85. The number of non-ortho nitro benzene ring substituents is 1. The van der Waals surface area contributed by atoms with E-state index in [-0.39, 0.29) is 16.7 Å². The van der Waals surface area contributed by atoms with Gasteiger partial charge in [0.25, 0.3) is 5.69 Å². The summed E-state index contributed by atoms with van der Waals surface area (Å²) >= 11 is 0. The van der Waals surface area contributed by atoms with Crippen LogP contribution in [0.2, 0.25) is 0 Å². The fraction of sp³-hybridized carbons (Fsp3) is 0.438. The zero-order chi connectivity index (χ0) is 15.5. The van der Waals surface area contributed by atoms with Gasteiger partial charge in [-0.1, -0.05) is 0 Å². The van der Waals surface area contributed by atoms with Gasteiger partial charge in [-0.25, -0.2) is 4.98 Å². The zero-order valence-corrected chi connectivity index (χ0v) is 12.6. The van der Waals surface area contributed by atoms with Crippen LogP contribution in [0.4, 0.5) is 11.5 Å². The first-order valence-electron chi connectivity index (χ1n) is 7.59. The number of rotatable bonds is 4. The number of benzene rings is 1. The molecule has 1 unspecified atom stereocenters. The Morgan fingerprint density at radius 2 is 2.27 bits per heavy atom. The molecule has 116 valence electrons. The van der Waals surface area contributed by atoms with Crippen molar-refractivity contribution in [2.45, 2.75) is 25.9 Å². The number of nitrogens with zero attached hydrogens (tertiary/aromatic N) is 3. The highest BCUT2D eigenvalue weighted by Crippen LogP contribution is 2.25. The smallest absolute Gasteiger partial charge is 0.270 e. The summed E-state index contributed by atoms with van der Waals surface area (Å²) in [6, 6.07) is 8.60. The van der Waals surface area contributed by atoms with E-state index in [4.69, 9.17) is 4.74 Å². The maximum atomic E-state index is 10.8. The Kier molecular flexibility index (Phi) is 4.20. The largest absolute Gasteiger partial charge is 0.377 e. The second kappa shape index (κ2) is 6.27. The van der Waals surface area contributed by atoms with Crippen molar-refractivity contribution in [2.24, 2.45) is 0 Å². The molecule has 1 aromatic heterocycles. The predicted octanol–water partition coefficient (Wildman–Crippen LogP) is 3.15. The van der Waals surface area contributed by atoms with E-state index in [9.17, 15) is 10.1 Å². The molecular weight excluding hydrogens is 282 g/mol. The molecule has 2 aromatic rings. The van der Waals surface area contributed by atoms with E-state index in [2.05, 4.69) is 9.88 Å². The number of fused-ring (bicyclic) bond motifs is 1. The van der Waals surface area contributed by atoms with Crippen molar-refractivity contribution in [1.29, 1.82) is 0 Å². The molecule has 1 atom stereocenters. The summed E-state index contributed by atoms with van der Waals surface area (Å²) in [6.07, 6.45) is 2.43. The maximum Gasteiger partial charge on any atom is 0.270 e. The number of nitro benzene ring substituents is 1. The number of ether oxygens (including phenoxy) is 1. The zero-order valence-electron chi connectivity index (χ0n) is 12.6. The van der Waals surface area contributed by atoms with Crippen LogP contribution < -0.4 is 4.90 Å². The van der Waals surface area contributed by atoms with Crippen LogP contribution in [0.1, 0.15) is 19.8 Å². The van der Waals surface area contributed by atoms with Crippen molar-refractivity contribution in [3.05, 3.63) is 40.4 Å². The number of hydrogen-bond acceptors (Lipinski definition) is 5. The molecule has 0 amide bonds. The minimum Gasteiger partial charge on any atom is -0.377 e. The molecule has 1 aliphatic heterocycles. The van der Waals surface area contributed by atoms with Gasteiger partial charge in [0.15, 0.2) is 0 Å². The van der Waals surface area contributed by atoms with Crippen molar-refractivity contribution < 1.29 is 9.66 Å². The summed E-state index contributed by atoms with van der Waals surface area (Å²) in [5, 5.41) is 11.6. The van der Waals surface area contributed by atoms with E-state index >= 15 is 0 Å². The van der Waals surface area contributed by atoms with E-state index in [1.807, 2.05) is 19.1 Å². The molecule has 1 aromatic carbocycles. The number of piperidine rings is 1. The summed E-state index contributed by atoms with van der Waals surface area (Å²) in [7, 11) is 0. The van der Waals surface area contributed by atoms with Crippen molar-refractivity contribution >= 4 is 22.4 Å². The fourth-order valence-corrected chi connectivity index (χ4v) is 2.91. The predicted molar refractivity (Wildman–Crippen MR) is 85.3 cm³/mol. The third-order valence-electron chi connectivity index (χ3n) is 3.97. The molecule has 1 saturated heterocycles. The first kappa shape index (κ1) is 14.7. The molecule has 0 aliphatic carbocycles. The molecule has 6 nitrogen and oxygen atoms in total. The summed E-state index contributed by atoms with van der Waals surface area (Å²) < 4.78 is 5.72. The lowest BCUT2D eigenvalue weighted by molar-refractivity contribution is -0.384. The lowest BCUT2D eigenvalue weighted by Crippen LogP contribution is -2.40. The Labute approximate surface area is 128 Å². The molecule has 3 rings (SSSR count). The van der Waals surface area contributed by atoms with E-state index in [1.165, 1.54) is 6.07 Å². The number of aromatic nitrogens is 1. The van der Waals surface area contributed by atoms with Crippen LogP contribution in [0.5, 0.6) is 0 Å². The Morgan fingerprint density at radius 3 is 3.05 bits per heavy atom. The average Bonchev–Trinajstić information content (AvgIpc) is 2.54. The van der Waals surface area contributed by atoms with Crippen LogP contribution in [0.25, 0.3) is 10.9 Å². The standard InChI is InChI=1S/C16H19N3O3/c1-2-22-14-4-3-9-18(11-14)16-8-5-12-10-13(19(20)21)6-7-15(12)17-16/h5-8,10,14H,2-4,9,11H2,1H3. The van der Waals surface area contributed by atoms with Gasteiger partial charge in [-0.3, -0.25) is 10.1 Å². The lowest BCUT2D eigenvalue weighted by atomic mass is 10.1. The first-order chi connectivity index (χ1) is 10.7. The summed E-state index contributed by atoms with van der Waals surface area (Å²) in [5.74, 6) is 0.908. The van der Waals surface area contributed by atoms with E-state index in [0.717, 1.165) is 49.3 Å². The van der Waals surface area contributed by atoms with Gasteiger partial charge in [-0.05, 0) is 38.0 Å². The van der Waals surface area contributed by atoms with Crippen LogP contribution in [0, 0.1) is 10.1 Å². The van der Waals surface area contributed by atoms with Crippen LogP contribution in [-0.4, -0.2) is 35.7 Å². The Morgan fingerprint density at radius 1 is 1.41 bits per heavy atom. The van der Waals surface area contributed by atoms with Gasteiger partial charge in [-0.15, -0.1) is 0 Å². The van der Waals surface area contributed by atoms with Gasteiger partial charge in [0.05, 0.1) is 16.5 Å². The van der Waals surface area contributed by atoms with E-state index in [0.29, 0.717) is 0 Å². The van der Waals surface area contributed by atoms with Crippen LogP contribution in [0.3, 0.4) is 0 Å². The van der Waals surface area contributed by atoms with Crippen molar-refractivity contribution in [3.8, 4) is 0 Å². The normalized spacial score (nSPS) is 18.6. The van der Waals surface area contributed by atoms with E-state index < -0.39 is 0 Å². The van der Waals surface area contributed by atoms with E-state index in [1.54, 1.807) is 12.1 Å². The molecular formula is C16H19N3O3. The highest BCUT2D eigenvalue weighted by atomic mass is 16.6. The number of pyridine rings is 1. The van der Waals surface area contributed by atoms with Crippen molar-refractivity contribution in [1.82, 2.24) is 4.98 Å². The number of anilines is 1. The third-order valence-corrected chi connectivity index (χ3v) is 3.97. The van der Waals surface area contributed by atoms with Crippen LogP contribution in [-0.2, 0) is 4.74 Å². The maximum absolute atomic E-state index is 10.8. The summed E-state index contributed by atoms with van der Waals surface area (Å²) in [6.45, 7) is 4.56. The molecule has 0 bridgehead atoms. The van der Waals surface area contributed by atoms with Crippen LogP contribution in [0.15, 0.2) is 30.3 Å². The molecule has 22 heavy (non-hydrogen) atoms. The molecule has 0 saturated carbocycles. The quantitative estimate of drug-likeness (QED) is 0.641. The van der Waals surface area contributed by atoms with Crippen molar-refractivity contribution in [2.75, 3.05) is 24.6 Å². The molecule has 0 N–H and O–H groups in total. The third kappa shape index (κ3) is 3.01. The van der Waals surface area contributed by atoms with Gasteiger partial charge in [0.2, 0.25) is 0 Å². The van der Waals surface area contributed by atoms with Gasteiger partial charge in [0, 0.05) is 37.2 Å². The minimum atomic E-state index is -0.384. The minimum absolute atomic E-state index is 0.0939. The summed E-state index contributed by atoms with van der Waals surface area (Å²) in [5.41, 5.74) is 0.873. The average molecular weight is 301 g/mol. The molecule has 2 heterocycles. The second-order valence-corrected chi connectivity index (χ2v) is 5.47. The fourth-order valence-electron chi connectivity index (χ4n) is 2.91. The molecule has 1 fully saturated rings. The topological polar surface area (TPSA) is 68.5 Å². The van der Waals surface area contributed by atoms with Gasteiger partial charge in [-0.2, -0.15) is 0 Å². The lowest BCUT2D eigenvalue weighted by Gasteiger charge is -2.33. The molecule has 0 radical (unpaired) electrons. The highest BCUT2D eigenvalue weighted by Gasteiger charge is 2.21. The van der Waals surface area contributed by atoms with Crippen LogP contribution >= 0.6 is 0 Å². The van der Waals surface area contributed by atoms with Crippen molar-refractivity contribution in [3.63, 3.8) is 0 Å². The highest BCUT2D eigenvalue weighted by molar-refractivity contribution is 5.82. The Hall–Kier alpha value is -2.21. The van der Waals surface area contributed by atoms with Gasteiger partial charge >= 0.3 is 0 Å². The molecule has 1 aliphatic rings. The summed E-state index contributed by atoms with van der Waals surface area (Å²) in [4.78, 5) is 17.3. The first-order valence-corrected chi connectivity index (χ1v) is 7.59. The number of nitro groups is 1. The SMILES string of the molecule is CCOC1CCCN(c2ccc3cc([N+](=O)[O-])ccc3n2)C1. The number of hydrogen-bond donors (Lipinski definition) is 0. The molecule has 6 heteroatoms. The van der Waals surface area contributed by atoms with Gasteiger partial charge < -0.3 is 9.64 Å². The Bertz CT molecular complexity index is 687.